The summed E-state index contributed by atoms with van der Waals surface area (Å²) in [4.78, 5) is 6.72. The quantitative estimate of drug-likeness (QED) is 0.860. The van der Waals surface area contributed by atoms with Crippen LogP contribution in [-0.4, -0.2) is 55.4 Å². The molecule has 0 radical (unpaired) electrons. The SMILES string of the molecule is COc1ccccc1OCCc1nc(C2CNCCN2C)no1. The fourth-order valence-corrected chi connectivity index (χ4v) is 2.59. The summed E-state index contributed by atoms with van der Waals surface area (Å²) in [6.45, 7) is 3.27. The van der Waals surface area contributed by atoms with E-state index < -0.39 is 0 Å². The van der Waals surface area contributed by atoms with Gasteiger partial charge in [-0.2, -0.15) is 4.98 Å². The summed E-state index contributed by atoms with van der Waals surface area (Å²) in [6, 6.07) is 7.72. The fourth-order valence-electron chi connectivity index (χ4n) is 2.59. The molecule has 1 saturated heterocycles. The molecule has 2 aromatic rings. The van der Waals surface area contributed by atoms with E-state index in [-0.39, 0.29) is 6.04 Å². The minimum atomic E-state index is 0.163. The highest BCUT2D eigenvalue weighted by atomic mass is 16.5. The summed E-state index contributed by atoms with van der Waals surface area (Å²) in [5, 5.41) is 7.45. The minimum Gasteiger partial charge on any atom is -0.493 e. The molecule has 2 heterocycles. The largest absolute Gasteiger partial charge is 0.493 e. The number of hydrogen-bond donors (Lipinski definition) is 1. The molecule has 0 spiro atoms. The Morgan fingerprint density at radius 3 is 2.96 bits per heavy atom. The van der Waals surface area contributed by atoms with E-state index in [2.05, 4.69) is 27.4 Å². The highest BCUT2D eigenvalue weighted by Crippen LogP contribution is 2.25. The number of benzene rings is 1. The second-order valence-corrected chi connectivity index (χ2v) is 5.50. The van der Waals surface area contributed by atoms with Crippen LogP contribution >= 0.6 is 0 Å². The molecule has 124 valence electrons. The average molecular weight is 318 g/mol. The topological polar surface area (TPSA) is 72.7 Å². The predicted molar refractivity (Wildman–Crippen MR) is 84.7 cm³/mol. The normalized spacial score (nSPS) is 18.8. The maximum absolute atomic E-state index is 5.73. The molecule has 1 N–H and O–H groups in total. The van der Waals surface area contributed by atoms with Crippen LogP contribution < -0.4 is 14.8 Å². The molecule has 1 atom stereocenters. The van der Waals surface area contributed by atoms with Crippen molar-refractivity contribution in [2.75, 3.05) is 40.4 Å². The van der Waals surface area contributed by atoms with Gasteiger partial charge in [0, 0.05) is 19.6 Å². The number of rotatable bonds is 6. The fraction of sp³-hybridized carbons (Fsp3) is 0.500. The first-order valence-electron chi connectivity index (χ1n) is 7.77. The summed E-state index contributed by atoms with van der Waals surface area (Å²) in [5.74, 6) is 2.75. The third-order valence-electron chi connectivity index (χ3n) is 3.94. The number of ether oxygens (including phenoxy) is 2. The Morgan fingerprint density at radius 2 is 2.17 bits per heavy atom. The van der Waals surface area contributed by atoms with Crippen molar-refractivity contribution in [3.63, 3.8) is 0 Å². The highest BCUT2D eigenvalue weighted by Gasteiger charge is 2.25. The zero-order valence-electron chi connectivity index (χ0n) is 13.5. The van der Waals surface area contributed by atoms with Crippen molar-refractivity contribution in [3.8, 4) is 11.5 Å². The maximum Gasteiger partial charge on any atom is 0.230 e. The first kappa shape index (κ1) is 15.8. The lowest BCUT2D eigenvalue weighted by Gasteiger charge is -2.30. The molecular formula is C16H22N4O3. The molecule has 0 aliphatic carbocycles. The van der Waals surface area contributed by atoms with Gasteiger partial charge >= 0.3 is 0 Å². The number of aromatic nitrogens is 2. The van der Waals surface area contributed by atoms with Gasteiger partial charge in [0.25, 0.3) is 0 Å². The van der Waals surface area contributed by atoms with Gasteiger partial charge in [-0.3, -0.25) is 4.90 Å². The van der Waals surface area contributed by atoms with Gasteiger partial charge in [-0.1, -0.05) is 17.3 Å². The van der Waals surface area contributed by atoms with E-state index in [1.54, 1.807) is 7.11 Å². The zero-order chi connectivity index (χ0) is 16.1. The Hall–Kier alpha value is -2.12. The van der Waals surface area contributed by atoms with Crippen molar-refractivity contribution in [3.05, 3.63) is 36.0 Å². The molecule has 0 saturated carbocycles. The molecule has 1 unspecified atom stereocenters. The first-order chi connectivity index (χ1) is 11.3. The number of para-hydroxylation sites is 2. The van der Waals surface area contributed by atoms with Crippen LogP contribution in [0.3, 0.4) is 0 Å². The number of piperazine rings is 1. The standard InChI is InChI=1S/C16H22N4O3/c1-20-9-8-17-11-12(20)16-18-15(23-19-16)7-10-22-14-6-4-3-5-13(14)21-2/h3-6,12,17H,7-11H2,1-2H3. The molecule has 1 fully saturated rings. The molecule has 3 rings (SSSR count). The van der Waals surface area contributed by atoms with Crippen LogP contribution in [-0.2, 0) is 6.42 Å². The number of likely N-dealkylation sites (N-methyl/N-ethyl adjacent to an activating group) is 1. The second kappa shape index (κ2) is 7.43. The molecule has 1 aliphatic rings. The molecule has 7 heteroatoms. The Morgan fingerprint density at radius 1 is 1.35 bits per heavy atom. The van der Waals surface area contributed by atoms with Gasteiger partial charge in [0.05, 0.1) is 26.2 Å². The second-order valence-electron chi connectivity index (χ2n) is 5.50. The number of nitrogens with one attached hydrogen (secondary N) is 1. The molecule has 0 amide bonds. The van der Waals surface area contributed by atoms with E-state index >= 15 is 0 Å². The lowest BCUT2D eigenvalue weighted by atomic mass is 10.2. The van der Waals surface area contributed by atoms with Crippen LogP contribution in [0.15, 0.2) is 28.8 Å². The molecular weight excluding hydrogens is 296 g/mol. The molecule has 1 aromatic carbocycles. The van der Waals surface area contributed by atoms with Crippen LogP contribution in [0, 0.1) is 0 Å². The zero-order valence-corrected chi connectivity index (χ0v) is 13.5. The Kier molecular flexibility index (Phi) is 5.09. The van der Waals surface area contributed by atoms with Gasteiger partial charge in [0.15, 0.2) is 17.3 Å². The number of methoxy groups -OCH3 is 1. The van der Waals surface area contributed by atoms with Gasteiger partial charge < -0.3 is 19.3 Å². The smallest absolute Gasteiger partial charge is 0.230 e. The molecule has 23 heavy (non-hydrogen) atoms. The average Bonchev–Trinajstić information content (AvgIpc) is 3.04. The third kappa shape index (κ3) is 3.80. The van der Waals surface area contributed by atoms with Crippen molar-refractivity contribution in [2.45, 2.75) is 12.5 Å². The lowest BCUT2D eigenvalue weighted by Crippen LogP contribution is -2.44. The van der Waals surface area contributed by atoms with E-state index in [0.29, 0.717) is 30.4 Å². The maximum atomic E-state index is 5.73. The monoisotopic (exact) mass is 318 g/mol. The third-order valence-corrected chi connectivity index (χ3v) is 3.94. The first-order valence-corrected chi connectivity index (χ1v) is 7.77. The number of nitrogens with zero attached hydrogens (tertiary/aromatic N) is 3. The van der Waals surface area contributed by atoms with Gasteiger partial charge in [-0.15, -0.1) is 0 Å². The minimum absolute atomic E-state index is 0.163. The number of hydrogen-bond acceptors (Lipinski definition) is 7. The van der Waals surface area contributed by atoms with Crippen molar-refractivity contribution in [2.24, 2.45) is 0 Å². The Labute approximate surface area is 135 Å². The van der Waals surface area contributed by atoms with Gasteiger partial charge in [0.2, 0.25) is 5.89 Å². The highest BCUT2D eigenvalue weighted by molar-refractivity contribution is 5.39. The van der Waals surface area contributed by atoms with Gasteiger partial charge in [-0.05, 0) is 19.2 Å². The van der Waals surface area contributed by atoms with E-state index in [4.69, 9.17) is 14.0 Å². The summed E-state index contributed by atoms with van der Waals surface area (Å²) in [6.07, 6.45) is 0.564. The molecule has 7 nitrogen and oxygen atoms in total. The molecule has 1 aromatic heterocycles. The summed E-state index contributed by atoms with van der Waals surface area (Å²) in [5.41, 5.74) is 0. The Balaban J connectivity index is 1.55. The predicted octanol–water partition coefficient (Wildman–Crippen LogP) is 1.28. The van der Waals surface area contributed by atoms with E-state index in [1.807, 2.05) is 24.3 Å². The summed E-state index contributed by atoms with van der Waals surface area (Å²) in [7, 11) is 3.70. The van der Waals surface area contributed by atoms with Gasteiger partial charge in [-0.25, -0.2) is 0 Å². The Bertz CT molecular complexity index is 631. The summed E-state index contributed by atoms with van der Waals surface area (Å²) < 4.78 is 16.3. The van der Waals surface area contributed by atoms with Crippen LogP contribution in [0.25, 0.3) is 0 Å². The van der Waals surface area contributed by atoms with Crippen molar-refractivity contribution in [1.29, 1.82) is 0 Å². The van der Waals surface area contributed by atoms with Crippen molar-refractivity contribution < 1.29 is 14.0 Å². The molecule has 1 aliphatic heterocycles. The summed E-state index contributed by atoms with van der Waals surface area (Å²) >= 11 is 0. The lowest BCUT2D eigenvalue weighted by molar-refractivity contribution is 0.190. The van der Waals surface area contributed by atoms with Crippen LogP contribution in [0.5, 0.6) is 11.5 Å². The van der Waals surface area contributed by atoms with Crippen molar-refractivity contribution in [1.82, 2.24) is 20.4 Å². The molecule has 0 bridgehead atoms. The van der Waals surface area contributed by atoms with E-state index in [1.165, 1.54) is 0 Å². The van der Waals surface area contributed by atoms with E-state index in [9.17, 15) is 0 Å². The van der Waals surface area contributed by atoms with Gasteiger partial charge in [0.1, 0.15) is 0 Å². The van der Waals surface area contributed by atoms with E-state index in [0.717, 1.165) is 25.5 Å². The van der Waals surface area contributed by atoms with Crippen LogP contribution in [0.2, 0.25) is 0 Å². The van der Waals surface area contributed by atoms with Crippen LogP contribution in [0.4, 0.5) is 0 Å². The van der Waals surface area contributed by atoms with Crippen molar-refractivity contribution >= 4 is 0 Å². The van der Waals surface area contributed by atoms with Crippen LogP contribution in [0.1, 0.15) is 17.8 Å².